The highest BCUT2D eigenvalue weighted by atomic mass is 32.1. The molecular formula is C13H14N4OS. The molecule has 1 aromatic heterocycles. The van der Waals surface area contributed by atoms with Gasteiger partial charge in [-0.15, -0.1) is 0 Å². The number of amides is 1. The zero-order valence-corrected chi connectivity index (χ0v) is 11.5. The van der Waals surface area contributed by atoms with Crippen LogP contribution in [-0.2, 0) is 0 Å². The summed E-state index contributed by atoms with van der Waals surface area (Å²) in [5, 5.41) is 6.74. The minimum atomic E-state index is -0.213. The lowest BCUT2D eigenvalue weighted by Gasteiger charge is -2.07. The second-order valence-electron chi connectivity index (χ2n) is 4.09. The first-order valence-electron chi connectivity index (χ1n) is 5.71. The lowest BCUT2D eigenvalue weighted by atomic mass is 10.1. The molecule has 0 saturated heterocycles. The van der Waals surface area contributed by atoms with Crippen LogP contribution in [0.2, 0.25) is 0 Å². The maximum atomic E-state index is 11.4. The molecule has 1 aromatic carbocycles. The number of aryl methyl sites for hydroxylation is 1. The smallest absolute Gasteiger partial charge is 0.271 e. The summed E-state index contributed by atoms with van der Waals surface area (Å²) in [6.45, 7) is 1.93. The summed E-state index contributed by atoms with van der Waals surface area (Å²) in [6.07, 6.45) is 1.74. The van der Waals surface area contributed by atoms with E-state index in [-0.39, 0.29) is 5.91 Å². The standard InChI is InChI=1S/C13H14N4OS/c1-8-7-9(3-4-10(8)12(14)19)17-6-5-11(16-17)13(18)15-2/h3-7H,1-2H3,(H2,14,19)(H,15,18). The Kier molecular flexibility index (Phi) is 3.62. The third kappa shape index (κ3) is 2.63. The van der Waals surface area contributed by atoms with E-state index in [1.165, 1.54) is 0 Å². The van der Waals surface area contributed by atoms with Gasteiger partial charge in [-0.1, -0.05) is 12.2 Å². The van der Waals surface area contributed by atoms with Gasteiger partial charge in [0.15, 0.2) is 5.69 Å². The molecule has 2 rings (SSSR count). The lowest BCUT2D eigenvalue weighted by Crippen LogP contribution is -2.18. The van der Waals surface area contributed by atoms with Crippen LogP contribution in [0.5, 0.6) is 0 Å². The normalized spacial score (nSPS) is 10.2. The molecule has 0 fully saturated rings. The van der Waals surface area contributed by atoms with Crippen molar-refractivity contribution in [1.82, 2.24) is 15.1 Å². The van der Waals surface area contributed by atoms with Crippen molar-refractivity contribution >= 4 is 23.1 Å². The molecule has 0 spiro atoms. The van der Waals surface area contributed by atoms with E-state index in [2.05, 4.69) is 10.4 Å². The molecule has 0 radical (unpaired) electrons. The Morgan fingerprint density at radius 3 is 2.74 bits per heavy atom. The Morgan fingerprint density at radius 2 is 2.16 bits per heavy atom. The Labute approximate surface area is 116 Å². The molecule has 19 heavy (non-hydrogen) atoms. The van der Waals surface area contributed by atoms with E-state index in [1.54, 1.807) is 24.0 Å². The van der Waals surface area contributed by atoms with Crippen LogP contribution in [0.25, 0.3) is 5.69 Å². The second-order valence-corrected chi connectivity index (χ2v) is 4.53. The van der Waals surface area contributed by atoms with Gasteiger partial charge in [0.05, 0.1) is 5.69 Å². The molecule has 2 aromatic rings. The number of carbonyl (C=O) groups excluding carboxylic acids is 1. The molecule has 0 aliphatic heterocycles. The molecule has 5 nitrogen and oxygen atoms in total. The predicted molar refractivity (Wildman–Crippen MR) is 77.6 cm³/mol. The van der Waals surface area contributed by atoms with Gasteiger partial charge in [0, 0.05) is 18.8 Å². The Balaban J connectivity index is 2.37. The molecule has 98 valence electrons. The van der Waals surface area contributed by atoms with Crippen LogP contribution < -0.4 is 11.1 Å². The van der Waals surface area contributed by atoms with E-state index in [0.29, 0.717) is 10.7 Å². The van der Waals surface area contributed by atoms with Crippen molar-refractivity contribution in [2.75, 3.05) is 7.05 Å². The summed E-state index contributed by atoms with van der Waals surface area (Å²) in [5.41, 5.74) is 8.67. The minimum absolute atomic E-state index is 0.213. The zero-order chi connectivity index (χ0) is 14.0. The summed E-state index contributed by atoms with van der Waals surface area (Å²) in [4.78, 5) is 11.8. The van der Waals surface area contributed by atoms with Crippen LogP contribution in [0.3, 0.4) is 0 Å². The van der Waals surface area contributed by atoms with Crippen molar-refractivity contribution in [1.29, 1.82) is 0 Å². The third-order valence-corrected chi connectivity index (χ3v) is 3.01. The number of hydrogen-bond donors (Lipinski definition) is 2. The predicted octanol–water partition coefficient (Wildman–Crippen LogP) is 1.17. The molecule has 0 aliphatic carbocycles. The SMILES string of the molecule is CNC(=O)c1ccn(-c2ccc(C(N)=S)c(C)c2)n1. The van der Waals surface area contributed by atoms with E-state index < -0.39 is 0 Å². The third-order valence-electron chi connectivity index (χ3n) is 2.79. The largest absolute Gasteiger partial charge is 0.389 e. The van der Waals surface area contributed by atoms with Crippen molar-refractivity contribution in [3.05, 3.63) is 47.3 Å². The van der Waals surface area contributed by atoms with Crippen LogP contribution in [0, 0.1) is 6.92 Å². The number of rotatable bonds is 3. The molecule has 3 N–H and O–H groups in total. The summed E-state index contributed by atoms with van der Waals surface area (Å²) in [7, 11) is 1.57. The summed E-state index contributed by atoms with van der Waals surface area (Å²) in [5.74, 6) is -0.213. The highest BCUT2D eigenvalue weighted by Gasteiger charge is 2.09. The number of thiocarbonyl (C=S) groups is 1. The van der Waals surface area contributed by atoms with Gasteiger partial charge in [0.25, 0.3) is 5.91 Å². The van der Waals surface area contributed by atoms with Gasteiger partial charge in [-0.3, -0.25) is 4.79 Å². The zero-order valence-electron chi connectivity index (χ0n) is 10.7. The van der Waals surface area contributed by atoms with E-state index in [0.717, 1.165) is 16.8 Å². The molecule has 6 heteroatoms. The number of carbonyl (C=O) groups is 1. The second kappa shape index (κ2) is 5.19. The average Bonchev–Trinajstić information content (AvgIpc) is 2.86. The van der Waals surface area contributed by atoms with E-state index in [9.17, 15) is 4.79 Å². The monoisotopic (exact) mass is 274 g/mol. The van der Waals surface area contributed by atoms with Crippen molar-refractivity contribution in [3.8, 4) is 5.69 Å². The molecule has 0 aliphatic rings. The fourth-order valence-electron chi connectivity index (χ4n) is 1.78. The van der Waals surface area contributed by atoms with Gasteiger partial charge >= 0.3 is 0 Å². The van der Waals surface area contributed by atoms with Crippen LogP contribution in [0.1, 0.15) is 21.6 Å². The van der Waals surface area contributed by atoms with E-state index in [4.69, 9.17) is 18.0 Å². The first-order chi connectivity index (χ1) is 9.02. The molecule has 1 heterocycles. The number of benzene rings is 1. The average molecular weight is 274 g/mol. The fourth-order valence-corrected chi connectivity index (χ4v) is 2.01. The fraction of sp³-hybridized carbons (Fsp3) is 0.154. The minimum Gasteiger partial charge on any atom is -0.389 e. The maximum absolute atomic E-state index is 11.4. The van der Waals surface area contributed by atoms with Crippen LogP contribution in [0.4, 0.5) is 0 Å². The molecule has 1 amide bonds. The molecule has 0 unspecified atom stereocenters. The first kappa shape index (κ1) is 13.2. The Bertz CT molecular complexity index is 648. The Morgan fingerprint density at radius 1 is 1.42 bits per heavy atom. The van der Waals surface area contributed by atoms with Gasteiger partial charge in [-0.05, 0) is 36.8 Å². The molecule has 0 saturated carbocycles. The molecule has 0 bridgehead atoms. The van der Waals surface area contributed by atoms with Crippen molar-refractivity contribution in [3.63, 3.8) is 0 Å². The van der Waals surface area contributed by atoms with Crippen molar-refractivity contribution in [2.45, 2.75) is 6.92 Å². The number of nitrogens with one attached hydrogen (secondary N) is 1. The van der Waals surface area contributed by atoms with Crippen molar-refractivity contribution < 1.29 is 4.79 Å². The van der Waals surface area contributed by atoms with Crippen LogP contribution in [-0.4, -0.2) is 27.7 Å². The topological polar surface area (TPSA) is 72.9 Å². The van der Waals surface area contributed by atoms with Gasteiger partial charge < -0.3 is 11.1 Å². The number of nitrogens with zero attached hydrogens (tertiary/aromatic N) is 2. The Hall–Kier alpha value is -2.21. The van der Waals surface area contributed by atoms with Gasteiger partial charge in [0.2, 0.25) is 0 Å². The lowest BCUT2D eigenvalue weighted by molar-refractivity contribution is 0.0958. The van der Waals surface area contributed by atoms with Crippen molar-refractivity contribution in [2.24, 2.45) is 5.73 Å². The number of aromatic nitrogens is 2. The summed E-state index contributed by atoms with van der Waals surface area (Å²) < 4.78 is 1.64. The van der Waals surface area contributed by atoms with Crippen LogP contribution in [0.15, 0.2) is 30.5 Å². The highest BCUT2D eigenvalue weighted by Crippen LogP contribution is 2.14. The van der Waals surface area contributed by atoms with Gasteiger partial charge in [-0.2, -0.15) is 5.10 Å². The highest BCUT2D eigenvalue weighted by molar-refractivity contribution is 7.80. The van der Waals surface area contributed by atoms with Crippen LogP contribution >= 0.6 is 12.2 Å². The van der Waals surface area contributed by atoms with Gasteiger partial charge in [-0.25, -0.2) is 4.68 Å². The summed E-state index contributed by atoms with van der Waals surface area (Å²) in [6, 6.07) is 7.31. The quantitative estimate of drug-likeness (QED) is 0.824. The number of nitrogens with two attached hydrogens (primary N) is 1. The molecule has 0 atom stereocenters. The van der Waals surface area contributed by atoms with E-state index >= 15 is 0 Å². The van der Waals surface area contributed by atoms with E-state index in [1.807, 2.05) is 25.1 Å². The maximum Gasteiger partial charge on any atom is 0.271 e. The molecular weight excluding hydrogens is 260 g/mol. The number of hydrogen-bond acceptors (Lipinski definition) is 3. The first-order valence-corrected chi connectivity index (χ1v) is 6.12. The summed E-state index contributed by atoms with van der Waals surface area (Å²) >= 11 is 4.97. The van der Waals surface area contributed by atoms with Gasteiger partial charge in [0.1, 0.15) is 4.99 Å².